The number of nitrogens with zero attached hydrogens (tertiary/aromatic N) is 5. The van der Waals surface area contributed by atoms with Gasteiger partial charge in [-0.05, 0) is 17.7 Å². The highest BCUT2D eigenvalue weighted by atomic mass is 19.3. The van der Waals surface area contributed by atoms with Crippen molar-refractivity contribution in [1.29, 1.82) is 0 Å². The first-order chi connectivity index (χ1) is 14.8. The van der Waals surface area contributed by atoms with Gasteiger partial charge in [0.1, 0.15) is 5.69 Å². The van der Waals surface area contributed by atoms with E-state index in [-0.39, 0.29) is 12.2 Å². The quantitative estimate of drug-likeness (QED) is 0.652. The van der Waals surface area contributed by atoms with E-state index in [9.17, 15) is 18.4 Å². The standard InChI is InChI=1S/C21H22F2N6O2/c1-27-9-5-8-18(27)20(31)29-14-21(22,23)10-16(29)12-28-13-17(25-26-28)19(30)24-11-15-6-3-2-4-7-15/h2-9,13,16H,10-12,14H2,1H3,(H,24,30)/t16-/m0/s1. The second kappa shape index (κ2) is 8.29. The summed E-state index contributed by atoms with van der Waals surface area (Å²) in [6.07, 6.45) is 2.62. The maximum Gasteiger partial charge on any atom is 0.273 e. The summed E-state index contributed by atoms with van der Waals surface area (Å²) in [6, 6.07) is 11.9. The van der Waals surface area contributed by atoms with Crippen molar-refractivity contribution in [2.45, 2.75) is 31.5 Å². The predicted octanol–water partition coefficient (Wildman–Crippen LogP) is 2.10. The van der Waals surface area contributed by atoms with Gasteiger partial charge in [0.15, 0.2) is 5.69 Å². The number of benzene rings is 1. The van der Waals surface area contributed by atoms with E-state index in [0.717, 1.165) is 5.56 Å². The van der Waals surface area contributed by atoms with E-state index in [4.69, 9.17) is 0 Å². The van der Waals surface area contributed by atoms with Crippen molar-refractivity contribution in [3.8, 4) is 0 Å². The predicted molar refractivity (Wildman–Crippen MR) is 107 cm³/mol. The van der Waals surface area contributed by atoms with Crippen LogP contribution >= 0.6 is 0 Å². The molecule has 0 bridgehead atoms. The normalized spacial score (nSPS) is 17.6. The third-order valence-corrected chi connectivity index (χ3v) is 5.27. The van der Waals surface area contributed by atoms with Gasteiger partial charge >= 0.3 is 0 Å². The van der Waals surface area contributed by atoms with Crippen molar-refractivity contribution in [3.63, 3.8) is 0 Å². The van der Waals surface area contributed by atoms with Crippen LogP contribution in [0.25, 0.3) is 0 Å². The zero-order valence-electron chi connectivity index (χ0n) is 16.9. The summed E-state index contributed by atoms with van der Waals surface area (Å²) in [5, 5.41) is 10.5. The molecule has 31 heavy (non-hydrogen) atoms. The smallest absolute Gasteiger partial charge is 0.273 e. The number of aromatic nitrogens is 4. The van der Waals surface area contributed by atoms with Gasteiger partial charge in [0.25, 0.3) is 17.7 Å². The van der Waals surface area contributed by atoms with Gasteiger partial charge in [-0.15, -0.1) is 5.10 Å². The molecule has 0 radical (unpaired) electrons. The van der Waals surface area contributed by atoms with Crippen LogP contribution in [0.3, 0.4) is 0 Å². The number of carbonyl (C=O) groups excluding carboxylic acids is 2. The summed E-state index contributed by atoms with van der Waals surface area (Å²) in [4.78, 5) is 26.3. The van der Waals surface area contributed by atoms with Gasteiger partial charge in [0, 0.05) is 26.2 Å². The molecule has 4 rings (SSSR count). The summed E-state index contributed by atoms with van der Waals surface area (Å²) >= 11 is 0. The first-order valence-electron chi connectivity index (χ1n) is 9.85. The van der Waals surface area contributed by atoms with Crippen molar-refractivity contribution >= 4 is 11.8 Å². The van der Waals surface area contributed by atoms with Gasteiger partial charge in [-0.2, -0.15) is 0 Å². The molecule has 3 heterocycles. The van der Waals surface area contributed by atoms with E-state index in [1.807, 2.05) is 30.3 Å². The number of carbonyl (C=O) groups is 2. The average molecular weight is 428 g/mol. The lowest BCUT2D eigenvalue weighted by molar-refractivity contribution is 0.0116. The second-order valence-corrected chi connectivity index (χ2v) is 7.65. The monoisotopic (exact) mass is 428 g/mol. The van der Waals surface area contributed by atoms with E-state index >= 15 is 0 Å². The summed E-state index contributed by atoms with van der Waals surface area (Å²) in [5.41, 5.74) is 1.36. The van der Waals surface area contributed by atoms with Gasteiger partial charge in [-0.25, -0.2) is 13.5 Å². The van der Waals surface area contributed by atoms with Crippen LogP contribution in [-0.2, 0) is 20.1 Å². The van der Waals surface area contributed by atoms with Crippen molar-refractivity contribution in [3.05, 3.63) is 71.8 Å². The maximum absolute atomic E-state index is 14.1. The maximum atomic E-state index is 14.1. The lowest BCUT2D eigenvalue weighted by atomic mass is 10.2. The molecule has 1 aliphatic heterocycles. The Morgan fingerprint density at radius 1 is 1.19 bits per heavy atom. The highest BCUT2D eigenvalue weighted by Gasteiger charge is 2.47. The number of nitrogens with one attached hydrogen (secondary N) is 1. The molecule has 1 fully saturated rings. The van der Waals surface area contributed by atoms with Crippen LogP contribution in [0.15, 0.2) is 54.9 Å². The lowest BCUT2D eigenvalue weighted by Gasteiger charge is -2.23. The third-order valence-electron chi connectivity index (χ3n) is 5.27. The number of rotatable bonds is 6. The number of hydrogen-bond donors (Lipinski definition) is 1. The molecule has 10 heteroatoms. The van der Waals surface area contributed by atoms with Gasteiger partial charge in [-0.1, -0.05) is 35.5 Å². The lowest BCUT2D eigenvalue weighted by Crippen LogP contribution is -2.39. The molecule has 1 aromatic carbocycles. The SMILES string of the molecule is Cn1cccc1C(=O)N1CC(F)(F)C[C@H]1Cn1cc(C(=O)NCc2ccccc2)nn1. The number of halogens is 2. The Hall–Kier alpha value is -3.56. The topological polar surface area (TPSA) is 85.0 Å². The Kier molecular flexibility index (Phi) is 5.53. The fraction of sp³-hybridized carbons (Fsp3) is 0.333. The first kappa shape index (κ1) is 20.7. The van der Waals surface area contributed by atoms with Crippen LogP contribution in [0.1, 0.15) is 33.0 Å². The summed E-state index contributed by atoms with van der Waals surface area (Å²) in [5.74, 6) is -3.86. The van der Waals surface area contributed by atoms with Crippen LogP contribution in [0.2, 0.25) is 0 Å². The molecule has 2 aromatic heterocycles. The average Bonchev–Trinajstić information content (AvgIpc) is 3.45. The molecule has 2 amide bonds. The molecule has 8 nitrogen and oxygen atoms in total. The Balaban J connectivity index is 1.43. The molecule has 1 saturated heterocycles. The third kappa shape index (κ3) is 4.62. The number of alkyl halides is 2. The molecule has 1 aliphatic rings. The molecule has 0 saturated carbocycles. The van der Waals surface area contributed by atoms with Crippen LogP contribution in [0.5, 0.6) is 0 Å². The number of likely N-dealkylation sites (tertiary alicyclic amines) is 1. The molecular weight excluding hydrogens is 406 g/mol. The minimum atomic E-state index is -2.98. The second-order valence-electron chi connectivity index (χ2n) is 7.65. The van der Waals surface area contributed by atoms with E-state index in [2.05, 4.69) is 15.6 Å². The van der Waals surface area contributed by atoms with Crippen LogP contribution in [0, 0.1) is 0 Å². The summed E-state index contributed by atoms with van der Waals surface area (Å²) in [6.45, 7) is -0.300. The van der Waals surface area contributed by atoms with E-state index in [1.165, 1.54) is 15.8 Å². The van der Waals surface area contributed by atoms with Crippen LogP contribution < -0.4 is 5.32 Å². The molecule has 1 atom stereocenters. The van der Waals surface area contributed by atoms with Gasteiger partial charge in [0.05, 0.1) is 25.3 Å². The van der Waals surface area contributed by atoms with Crippen LogP contribution in [0.4, 0.5) is 8.78 Å². The van der Waals surface area contributed by atoms with Crippen molar-refractivity contribution < 1.29 is 18.4 Å². The molecule has 1 N–H and O–H groups in total. The zero-order valence-corrected chi connectivity index (χ0v) is 16.9. The molecule has 0 spiro atoms. The number of hydrogen-bond acceptors (Lipinski definition) is 4. The Morgan fingerprint density at radius 3 is 2.68 bits per heavy atom. The molecule has 0 unspecified atom stereocenters. The molecule has 3 aromatic rings. The fourth-order valence-corrected chi connectivity index (χ4v) is 3.71. The highest BCUT2D eigenvalue weighted by Crippen LogP contribution is 2.33. The molecule has 162 valence electrons. The first-order valence-corrected chi connectivity index (χ1v) is 9.85. The van der Waals surface area contributed by atoms with Gasteiger partial charge < -0.3 is 14.8 Å². The number of amides is 2. The molecule has 0 aliphatic carbocycles. The summed E-state index contributed by atoms with van der Waals surface area (Å²) in [7, 11) is 1.69. The Bertz CT molecular complexity index is 1080. The Morgan fingerprint density at radius 2 is 1.97 bits per heavy atom. The zero-order chi connectivity index (χ0) is 22.0. The van der Waals surface area contributed by atoms with Crippen molar-refractivity contribution in [2.75, 3.05) is 6.54 Å². The van der Waals surface area contributed by atoms with E-state index < -0.39 is 36.7 Å². The van der Waals surface area contributed by atoms with Crippen molar-refractivity contribution in [2.24, 2.45) is 7.05 Å². The Labute approximate surface area is 177 Å². The molecular formula is C21H22F2N6O2. The minimum Gasteiger partial charge on any atom is -0.347 e. The largest absolute Gasteiger partial charge is 0.347 e. The minimum absolute atomic E-state index is 0.0186. The van der Waals surface area contributed by atoms with Crippen molar-refractivity contribution in [1.82, 2.24) is 29.8 Å². The van der Waals surface area contributed by atoms with Gasteiger partial charge in [-0.3, -0.25) is 9.59 Å². The number of aryl methyl sites for hydroxylation is 1. The summed E-state index contributed by atoms with van der Waals surface area (Å²) < 4.78 is 31.2. The highest BCUT2D eigenvalue weighted by molar-refractivity contribution is 5.93. The van der Waals surface area contributed by atoms with E-state index in [1.54, 1.807) is 29.9 Å². The van der Waals surface area contributed by atoms with E-state index in [0.29, 0.717) is 12.2 Å². The fourth-order valence-electron chi connectivity index (χ4n) is 3.71. The van der Waals surface area contributed by atoms with Crippen LogP contribution in [-0.4, -0.2) is 54.8 Å². The van der Waals surface area contributed by atoms with Gasteiger partial charge in [0.2, 0.25) is 0 Å².